The number of methoxy groups -OCH3 is 1. The molecule has 2 aromatic carbocycles. The summed E-state index contributed by atoms with van der Waals surface area (Å²) in [6, 6.07) is 15.0. The van der Waals surface area contributed by atoms with E-state index in [2.05, 4.69) is 15.5 Å². The Kier molecular flexibility index (Phi) is 5.43. The van der Waals surface area contributed by atoms with Gasteiger partial charge in [-0.25, -0.2) is 4.68 Å². The predicted molar refractivity (Wildman–Crippen MR) is 103 cm³/mol. The third kappa shape index (κ3) is 4.15. The fraction of sp³-hybridized carbons (Fsp3) is 0.167. The molecule has 3 N–H and O–H groups in total. The van der Waals surface area contributed by atoms with Gasteiger partial charge in [0.15, 0.2) is 5.82 Å². The first kappa shape index (κ1) is 17.8. The molecule has 0 fully saturated rings. The second kappa shape index (κ2) is 7.92. The lowest BCUT2D eigenvalue weighted by atomic mass is 10.2. The van der Waals surface area contributed by atoms with E-state index < -0.39 is 0 Å². The van der Waals surface area contributed by atoms with Gasteiger partial charge in [0.05, 0.1) is 12.9 Å². The van der Waals surface area contributed by atoms with Crippen molar-refractivity contribution >= 4 is 23.4 Å². The highest BCUT2D eigenvalue weighted by Gasteiger charge is 2.14. The average molecular weight is 369 g/mol. The topological polar surface area (TPSA) is 95.1 Å². The number of rotatable bonds is 6. The van der Waals surface area contributed by atoms with Crippen LogP contribution in [0, 0.1) is 6.92 Å². The molecule has 0 aliphatic rings. The Bertz CT molecular complexity index is 908. The van der Waals surface area contributed by atoms with E-state index in [0.717, 1.165) is 16.8 Å². The lowest BCUT2D eigenvalue weighted by molar-refractivity contribution is -0.113. The van der Waals surface area contributed by atoms with E-state index >= 15 is 0 Å². The van der Waals surface area contributed by atoms with Gasteiger partial charge in [-0.15, -0.1) is 10.2 Å². The highest BCUT2D eigenvalue weighted by atomic mass is 32.2. The summed E-state index contributed by atoms with van der Waals surface area (Å²) in [6.45, 7) is 2.00. The first-order valence-electron chi connectivity index (χ1n) is 7.91. The van der Waals surface area contributed by atoms with Crippen molar-refractivity contribution in [3.63, 3.8) is 0 Å². The summed E-state index contributed by atoms with van der Waals surface area (Å²) < 4.78 is 6.58. The molecule has 1 aromatic heterocycles. The summed E-state index contributed by atoms with van der Waals surface area (Å²) in [6.07, 6.45) is 0. The number of thioether (sulfide) groups is 1. The normalized spacial score (nSPS) is 10.5. The highest BCUT2D eigenvalue weighted by Crippen LogP contribution is 2.24. The van der Waals surface area contributed by atoms with Crippen LogP contribution in [0.25, 0.3) is 11.4 Å². The van der Waals surface area contributed by atoms with Crippen LogP contribution in [0.4, 0.5) is 5.69 Å². The van der Waals surface area contributed by atoms with Crippen LogP contribution < -0.4 is 15.9 Å². The first-order valence-corrected chi connectivity index (χ1v) is 8.89. The zero-order valence-corrected chi connectivity index (χ0v) is 15.3. The number of hydrogen-bond donors (Lipinski definition) is 2. The molecular formula is C18H19N5O2S. The van der Waals surface area contributed by atoms with Crippen LogP contribution in [0.3, 0.4) is 0 Å². The molecule has 0 unspecified atom stereocenters. The van der Waals surface area contributed by atoms with Gasteiger partial charge in [0, 0.05) is 11.3 Å². The van der Waals surface area contributed by atoms with Gasteiger partial charge in [0.2, 0.25) is 11.1 Å². The van der Waals surface area contributed by atoms with Crippen molar-refractivity contribution in [3.8, 4) is 17.1 Å². The van der Waals surface area contributed by atoms with Crippen molar-refractivity contribution < 1.29 is 9.53 Å². The van der Waals surface area contributed by atoms with Gasteiger partial charge in [-0.1, -0.05) is 41.6 Å². The number of anilines is 1. The summed E-state index contributed by atoms with van der Waals surface area (Å²) in [5.74, 6) is 7.34. The summed E-state index contributed by atoms with van der Waals surface area (Å²) in [5.41, 5.74) is 2.68. The van der Waals surface area contributed by atoms with E-state index in [1.165, 1.54) is 16.4 Å². The van der Waals surface area contributed by atoms with E-state index in [1.807, 2.05) is 55.5 Å². The minimum absolute atomic E-state index is 0.134. The molecule has 0 atom stereocenters. The lowest BCUT2D eigenvalue weighted by Crippen LogP contribution is -2.16. The summed E-state index contributed by atoms with van der Waals surface area (Å²) in [7, 11) is 1.60. The van der Waals surface area contributed by atoms with Crippen LogP contribution in [0.2, 0.25) is 0 Å². The fourth-order valence-electron chi connectivity index (χ4n) is 2.30. The second-order valence-corrected chi connectivity index (χ2v) is 6.55. The molecule has 0 aliphatic carbocycles. The third-order valence-corrected chi connectivity index (χ3v) is 4.60. The number of nitrogens with one attached hydrogen (secondary N) is 1. The summed E-state index contributed by atoms with van der Waals surface area (Å²) in [4.78, 5) is 12.1. The molecule has 0 saturated heterocycles. The standard InChI is InChI=1S/C18H19N5O2S/c1-12-6-8-14(9-7-12)20-16(24)11-26-18-22-21-17(23(18)19)13-4-3-5-15(10-13)25-2/h3-10H,11,19H2,1-2H3,(H,20,24). The number of aryl methyl sites for hydroxylation is 1. The Morgan fingerprint density at radius 2 is 2.00 bits per heavy atom. The number of carbonyl (C=O) groups excluding carboxylic acids is 1. The summed E-state index contributed by atoms with van der Waals surface area (Å²) >= 11 is 1.22. The molecule has 3 aromatic rings. The van der Waals surface area contributed by atoms with Crippen molar-refractivity contribution in [2.24, 2.45) is 0 Å². The molecule has 0 aliphatic heterocycles. The van der Waals surface area contributed by atoms with Gasteiger partial charge < -0.3 is 15.9 Å². The average Bonchev–Trinajstić information content (AvgIpc) is 3.02. The maximum Gasteiger partial charge on any atom is 0.234 e. The predicted octanol–water partition coefficient (Wildman–Crippen LogP) is 2.71. The second-order valence-electron chi connectivity index (χ2n) is 5.61. The van der Waals surface area contributed by atoms with E-state index in [1.54, 1.807) is 7.11 Å². The first-order chi connectivity index (χ1) is 12.6. The van der Waals surface area contributed by atoms with Crippen LogP contribution >= 0.6 is 11.8 Å². The lowest BCUT2D eigenvalue weighted by Gasteiger charge is -2.06. The Hall–Kier alpha value is -3.00. The molecule has 0 saturated carbocycles. The fourth-order valence-corrected chi connectivity index (χ4v) is 2.96. The van der Waals surface area contributed by atoms with Crippen LogP contribution in [-0.4, -0.2) is 33.6 Å². The monoisotopic (exact) mass is 369 g/mol. The Labute approximate surface area is 155 Å². The number of hydrogen-bond acceptors (Lipinski definition) is 6. The Balaban J connectivity index is 1.64. The number of benzene rings is 2. The molecule has 0 bridgehead atoms. The number of nitrogen functional groups attached to an aromatic ring is 1. The third-order valence-electron chi connectivity index (χ3n) is 3.66. The number of nitrogens with two attached hydrogens (primary N) is 1. The molecule has 1 amide bonds. The zero-order valence-electron chi connectivity index (χ0n) is 14.5. The molecule has 0 radical (unpaired) electrons. The van der Waals surface area contributed by atoms with Crippen molar-refractivity contribution in [2.75, 3.05) is 24.0 Å². The quantitative estimate of drug-likeness (QED) is 0.512. The number of aromatic nitrogens is 3. The highest BCUT2D eigenvalue weighted by molar-refractivity contribution is 7.99. The number of nitrogens with zero attached hydrogens (tertiary/aromatic N) is 3. The van der Waals surface area contributed by atoms with Crippen LogP contribution in [-0.2, 0) is 4.79 Å². The van der Waals surface area contributed by atoms with Crippen molar-refractivity contribution in [2.45, 2.75) is 12.1 Å². The van der Waals surface area contributed by atoms with Crippen molar-refractivity contribution in [1.82, 2.24) is 14.9 Å². The minimum Gasteiger partial charge on any atom is -0.497 e. The molecule has 3 rings (SSSR count). The van der Waals surface area contributed by atoms with E-state index in [9.17, 15) is 4.79 Å². The molecule has 134 valence electrons. The van der Waals surface area contributed by atoms with Gasteiger partial charge in [0.25, 0.3) is 0 Å². The number of ether oxygens (including phenoxy) is 1. The van der Waals surface area contributed by atoms with Gasteiger partial charge >= 0.3 is 0 Å². The van der Waals surface area contributed by atoms with Crippen LogP contribution in [0.1, 0.15) is 5.56 Å². The van der Waals surface area contributed by atoms with Crippen molar-refractivity contribution in [1.29, 1.82) is 0 Å². The molecule has 7 nitrogen and oxygen atoms in total. The zero-order chi connectivity index (χ0) is 18.5. The van der Waals surface area contributed by atoms with Gasteiger partial charge in [-0.2, -0.15) is 0 Å². The molecule has 8 heteroatoms. The largest absolute Gasteiger partial charge is 0.497 e. The van der Waals surface area contributed by atoms with E-state index in [0.29, 0.717) is 16.7 Å². The SMILES string of the molecule is COc1cccc(-c2nnc(SCC(=O)Nc3ccc(C)cc3)n2N)c1. The molecule has 0 spiro atoms. The molecule has 1 heterocycles. The molecular weight excluding hydrogens is 350 g/mol. The number of amides is 1. The maximum atomic E-state index is 12.1. The van der Waals surface area contributed by atoms with E-state index in [4.69, 9.17) is 10.6 Å². The minimum atomic E-state index is -0.134. The smallest absolute Gasteiger partial charge is 0.234 e. The van der Waals surface area contributed by atoms with Gasteiger partial charge in [-0.3, -0.25) is 4.79 Å². The van der Waals surface area contributed by atoms with E-state index in [-0.39, 0.29) is 11.7 Å². The summed E-state index contributed by atoms with van der Waals surface area (Å²) in [5, 5.41) is 11.5. The molecule has 26 heavy (non-hydrogen) atoms. The number of carbonyl (C=O) groups is 1. The maximum absolute atomic E-state index is 12.1. The Morgan fingerprint density at radius 1 is 1.23 bits per heavy atom. The van der Waals surface area contributed by atoms with Crippen LogP contribution in [0.5, 0.6) is 5.75 Å². The van der Waals surface area contributed by atoms with Crippen LogP contribution in [0.15, 0.2) is 53.7 Å². The van der Waals surface area contributed by atoms with Crippen molar-refractivity contribution in [3.05, 3.63) is 54.1 Å². The van der Waals surface area contributed by atoms with Gasteiger partial charge in [-0.05, 0) is 31.2 Å². The Morgan fingerprint density at radius 3 is 2.73 bits per heavy atom. The van der Waals surface area contributed by atoms with Gasteiger partial charge in [0.1, 0.15) is 5.75 Å².